The molecule has 0 bridgehead atoms. The molecule has 3 nitrogen and oxygen atoms in total. The van der Waals surface area contributed by atoms with E-state index in [1.165, 1.54) is 6.08 Å². The highest BCUT2D eigenvalue weighted by Crippen LogP contribution is 2.30. The molecule has 2 unspecified atom stereocenters. The van der Waals surface area contributed by atoms with E-state index in [4.69, 9.17) is 0 Å². The van der Waals surface area contributed by atoms with Gasteiger partial charge in [-0.25, -0.2) is 4.57 Å². The maximum atomic E-state index is 10.5. The second-order valence-corrected chi connectivity index (χ2v) is 3.57. The van der Waals surface area contributed by atoms with Crippen molar-refractivity contribution >= 4 is 22.0 Å². The van der Waals surface area contributed by atoms with Crippen LogP contribution in [0.2, 0.25) is 0 Å². The van der Waals surface area contributed by atoms with E-state index >= 15 is 0 Å². The molecule has 0 rings (SSSR count). The van der Waals surface area contributed by atoms with Crippen LogP contribution in [0.4, 0.5) is 0 Å². The Morgan fingerprint density at radius 2 is 2.33 bits per heavy atom. The summed E-state index contributed by atoms with van der Waals surface area (Å²) in [5.41, 5.74) is 0. The normalized spacial score (nSPS) is 12.4. The number of allylic oxidation sites excluding steroid dienone is 1. The minimum atomic E-state index is -1.98. The van der Waals surface area contributed by atoms with Crippen LogP contribution in [0.15, 0.2) is 12.7 Å². The van der Waals surface area contributed by atoms with Crippen LogP contribution in [0, 0.1) is 0 Å². The molecule has 2 atom stereocenters. The lowest BCUT2D eigenvalue weighted by Crippen LogP contribution is -1.66. The summed E-state index contributed by atoms with van der Waals surface area (Å²) in [5, 5.41) is 0. The molecule has 0 saturated heterocycles. The number of hydrogen-bond donors (Lipinski definition) is 0. The Morgan fingerprint density at radius 3 is 2.67 bits per heavy atom. The van der Waals surface area contributed by atoms with Crippen molar-refractivity contribution in [3.8, 4) is 0 Å². The van der Waals surface area contributed by atoms with E-state index in [2.05, 4.69) is 17.2 Å². The van der Waals surface area contributed by atoms with Crippen molar-refractivity contribution in [2.45, 2.75) is 0 Å². The Morgan fingerprint density at radius 1 is 1.78 bits per heavy atom. The molecule has 0 N–H and O–H groups in total. The van der Waals surface area contributed by atoms with Gasteiger partial charge in [-0.05, 0) is 16.9 Å². The van der Waals surface area contributed by atoms with Gasteiger partial charge in [-0.1, -0.05) is 10.9 Å². The Labute approximate surface area is 55.1 Å². The third kappa shape index (κ3) is 5.64. The van der Waals surface area contributed by atoms with E-state index in [0.29, 0.717) is 0 Å². The molecule has 0 spiro atoms. The summed E-state index contributed by atoms with van der Waals surface area (Å²) in [6.45, 7) is 3.33. The Kier molecular flexibility index (Phi) is 4.51. The summed E-state index contributed by atoms with van der Waals surface area (Å²) in [6, 6.07) is 0. The lowest BCUT2D eigenvalue weighted by molar-refractivity contribution is 0.501. The van der Waals surface area contributed by atoms with Gasteiger partial charge < -0.3 is 0 Å². The van der Waals surface area contributed by atoms with Crippen LogP contribution >= 0.6 is 15.7 Å². The first-order valence-corrected chi connectivity index (χ1v) is 4.90. The van der Waals surface area contributed by atoms with Gasteiger partial charge in [-0.15, -0.1) is 0 Å². The summed E-state index contributed by atoms with van der Waals surface area (Å²) in [6.07, 6.45) is 4.70. The molecule has 5 heteroatoms. The summed E-state index contributed by atoms with van der Waals surface area (Å²) in [5.74, 6) is 0. The predicted molar refractivity (Wildman–Crippen MR) is 38.5 cm³/mol. The zero-order valence-corrected chi connectivity index (χ0v) is 6.61. The zero-order valence-electron chi connectivity index (χ0n) is 4.82. The van der Waals surface area contributed by atoms with Crippen molar-refractivity contribution in [1.82, 2.24) is 0 Å². The van der Waals surface area contributed by atoms with Crippen molar-refractivity contribution in [3.63, 3.8) is 0 Å². The van der Waals surface area contributed by atoms with Gasteiger partial charge in [0.15, 0.2) is 6.16 Å². The van der Waals surface area contributed by atoms with Gasteiger partial charge in [0, 0.05) is 0 Å². The van der Waals surface area contributed by atoms with Crippen LogP contribution in [0.3, 0.4) is 0 Å². The SMILES string of the molecule is C=CC[P+](=O)OP(=C)=O. The van der Waals surface area contributed by atoms with E-state index in [1.54, 1.807) is 0 Å². The van der Waals surface area contributed by atoms with Crippen molar-refractivity contribution in [1.29, 1.82) is 0 Å². The molecule has 0 fully saturated rings. The number of rotatable bonds is 4. The molecule has 0 heterocycles. The molecular weight excluding hydrogens is 158 g/mol. The van der Waals surface area contributed by atoms with Crippen LogP contribution in [-0.4, -0.2) is 12.5 Å². The van der Waals surface area contributed by atoms with Crippen LogP contribution < -0.4 is 0 Å². The van der Waals surface area contributed by atoms with Gasteiger partial charge in [-0.3, -0.25) is 0 Å². The van der Waals surface area contributed by atoms with Crippen LogP contribution in [-0.2, 0) is 13.4 Å². The fourth-order valence-electron chi connectivity index (χ4n) is 0.240. The van der Waals surface area contributed by atoms with Crippen molar-refractivity contribution in [2.24, 2.45) is 0 Å². The highest BCUT2D eigenvalue weighted by Gasteiger charge is 2.14. The molecule has 0 aliphatic carbocycles. The maximum absolute atomic E-state index is 10.5. The molecule has 0 aliphatic heterocycles. The quantitative estimate of drug-likeness (QED) is 0.473. The van der Waals surface area contributed by atoms with E-state index in [9.17, 15) is 9.13 Å². The lowest BCUT2D eigenvalue weighted by Gasteiger charge is -1.71. The first-order chi connectivity index (χ1) is 4.16. The molecule has 0 radical (unpaired) electrons. The molecule has 0 saturated carbocycles. The third-order valence-corrected chi connectivity index (χ3v) is 2.47. The average Bonchev–Trinajstić information content (AvgIpc) is 1.63. The van der Waals surface area contributed by atoms with Gasteiger partial charge in [0.2, 0.25) is 0 Å². The van der Waals surface area contributed by atoms with Gasteiger partial charge >= 0.3 is 8.03 Å². The van der Waals surface area contributed by atoms with E-state index < -0.39 is 15.7 Å². The fraction of sp³-hybridized carbons (Fsp3) is 0.250. The Hall–Kier alpha value is -0.230. The van der Waals surface area contributed by atoms with Gasteiger partial charge in [0.25, 0.3) is 7.65 Å². The van der Waals surface area contributed by atoms with E-state index in [1.807, 2.05) is 0 Å². The third-order valence-electron chi connectivity index (χ3n) is 0.460. The molecule has 0 aromatic carbocycles. The van der Waals surface area contributed by atoms with Gasteiger partial charge in [0.1, 0.15) is 0 Å². The summed E-state index contributed by atoms with van der Waals surface area (Å²) >= 11 is 0. The average molecular weight is 165 g/mol. The Balaban J connectivity index is 3.63. The summed E-state index contributed by atoms with van der Waals surface area (Å²) in [7, 11) is -3.82. The fourth-order valence-corrected chi connectivity index (χ4v) is 1.53. The minimum Gasteiger partial charge on any atom is -0.247 e. The van der Waals surface area contributed by atoms with Crippen LogP contribution in [0.25, 0.3) is 0 Å². The molecule has 0 aromatic heterocycles. The zero-order chi connectivity index (χ0) is 7.28. The summed E-state index contributed by atoms with van der Waals surface area (Å²) in [4.78, 5) is 0. The highest BCUT2D eigenvalue weighted by atomic mass is 31.2. The largest absolute Gasteiger partial charge is 0.523 e. The molecule has 0 aromatic rings. The van der Waals surface area contributed by atoms with Gasteiger partial charge in [-0.2, -0.15) is 0 Å². The highest BCUT2D eigenvalue weighted by molar-refractivity contribution is 7.52. The van der Waals surface area contributed by atoms with Crippen LogP contribution in [0.5, 0.6) is 0 Å². The molecular formula is C4H7O3P2+. The Bertz CT molecular complexity index is 174. The summed E-state index contributed by atoms with van der Waals surface area (Å²) < 4.78 is 24.9. The van der Waals surface area contributed by atoms with E-state index in [-0.39, 0.29) is 6.16 Å². The van der Waals surface area contributed by atoms with Crippen molar-refractivity contribution < 1.29 is 13.4 Å². The topological polar surface area (TPSA) is 43.4 Å². The van der Waals surface area contributed by atoms with Crippen molar-refractivity contribution in [2.75, 3.05) is 6.16 Å². The maximum Gasteiger partial charge on any atom is 0.523 e. The van der Waals surface area contributed by atoms with E-state index in [0.717, 1.165) is 0 Å². The first kappa shape index (κ1) is 8.77. The van der Waals surface area contributed by atoms with Crippen molar-refractivity contribution in [3.05, 3.63) is 12.7 Å². The number of hydrogen-bond acceptors (Lipinski definition) is 3. The predicted octanol–water partition coefficient (Wildman–Crippen LogP) is 2.11. The second-order valence-electron chi connectivity index (χ2n) is 1.22. The monoisotopic (exact) mass is 165 g/mol. The molecule has 50 valence electrons. The van der Waals surface area contributed by atoms with Crippen LogP contribution in [0.1, 0.15) is 0 Å². The molecule has 0 aliphatic rings. The smallest absolute Gasteiger partial charge is 0.247 e. The second kappa shape index (κ2) is 4.63. The lowest BCUT2D eigenvalue weighted by atomic mass is 10.8. The van der Waals surface area contributed by atoms with Gasteiger partial charge in [0.05, 0.1) is 0 Å². The first-order valence-electron chi connectivity index (χ1n) is 2.18. The minimum absolute atomic E-state index is 0.228. The molecule has 0 amide bonds. The molecule has 9 heavy (non-hydrogen) atoms. The standard InChI is InChI=1S/C4H7O3P2/c1-3-4-9(6)7-8(2)5/h3H,1-2,4H2/q+1.